The van der Waals surface area contributed by atoms with E-state index in [1.54, 1.807) is 12.1 Å². The average Bonchev–Trinajstić information content (AvgIpc) is 2.59. The van der Waals surface area contributed by atoms with E-state index < -0.39 is 24.2 Å². The number of carbonyl (C=O) groups is 2. The van der Waals surface area contributed by atoms with E-state index in [-0.39, 0.29) is 11.3 Å². The highest BCUT2D eigenvalue weighted by atomic mass is 19.1. The average molecular weight is 318 g/mol. The SMILES string of the molecule is COc1ccc(C(=O)OCC(=O)c2ccc(OC)c(F)c2)cc1. The van der Waals surface area contributed by atoms with Crippen molar-refractivity contribution in [3.8, 4) is 11.5 Å². The molecule has 0 atom stereocenters. The lowest BCUT2D eigenvalue weighted by molar-refractivity contribution is 0.0474. The molecule has 0 fully saturated rings. The predicted octanol–water partition coefficient (Wildman–Crippen LogP) is 2.88. The van der Waals surface area contributed by atoms with Gasteiger partial charge in [0.05, 0.1) is 19.8 Å². The molecular formula is C17H15FO5. The van der Waals surface area contributed by atoms with E-state index in [9.17, 15) is 14.0 Å². The molecule has 6 heteroatoms. The van der Waals surface area contributed by atoms with Gasteiger partial charge in [-0.1, -0.05) is 0 Å². The zero-order valence-corrected chi connectivity index (χ0v) is 12.7. The van der Waals surface area contributed by atoms with Crippen LogP contribution in [0.25, 0.3) is 0 Å². The van der Waals surface area contributed by atoms with Crippen LogP contribution < -0.4 is 9.47 Å². The maximum Gasteiger partial charge on any atom is 0.338 e. The van der Waals surface area contributed by atoms with Gasteiger partial charge in [-0.25, -0.2) is 9.18 Å². The van der Waals surface area contributed by atoms with Gasteiger partial charge < -0.3 is 14.2 Å². The molecule has 0 bridgehead atoms. The minimum absolute atomic E-state index is 0.0387. The van der Waals surface area contributed by atoms with Gasteiger partial charge >= 0.3 is 5.97 Å². The van der Waals surface area contributed by atoms with E-state index in [1.807, 2.05) is 0 Å². The van der Waals surface area contributed by atoms with Crippen molar-refractivity contribution in [2.24, 2.45) is 0 Å². The molecule has 2 aromatic rings. The normalized spacial score (nSPS) is 10.0. The first-order chi connectivity index (χ1) is 11.0. The number of esters is 1. The van der Waals surface area contributed by atoms with Gasteiger partial charge in [0, 0.05) is 5.56 Å². The summed E-state index contributed by atoms with van der Waals surface area (Å²) in [5, 5.41) is 0. The summed E-state index contributed by atoms with van der Waals surface area (Å²) < 4.78 is 28.2. The molecule has 0 saturated carbocycles. The fraction of sp³-hybridized carbons (Fsp3) is 0.176. The molecule has 0 aliphatic rings. The number of ketones is 1. The molecule has 0 aromatic heterocycles. The topological polar surface area (TPSA) is 61.8 Å². The number of ether oxygens (including phenoxy) is 3. The summed E-state index contributed by atoms with van der Waals surface area (Å²) in [6, 6.07) is 10.1. The lowest BCUT2D eigenvalue weighted by Gasteiger charge is -2.07. The first kappa shape index (κ1) is 16.5. The monoisotopic (exact) mass is 318 g/mol. The van der Waals surface area contributed by atoms with Gasteiger partial charge in [0.15, 0.2) is 24.0 Å². The molecule has 0 heterocycles. The fourth-order valence-electron chi connectivity index (χ4n) is 1.86. The van der Waals surface area contributed by atoms with Gasteiger partial charge in [0.25, 0.3) is 0 Å². The second-order valence-electron chi connectivity index (χ2n) is 4.58. The van der Waals surface area contributed by atoms with Crippen LogP contribution in [-0.4, -0.2) is 32.6 Å². The molecule has 0 aliphatic carbocycles. The fourth-order valence-corrected chi connectivity index (χ4v) is 1.86. The highest BCUT2D eigenvalue weighted by molar-refractivity contribution is 5.99. The molecule has 0 unspecified atom stereocenters. The van der Waals surface area contributed by atoms with Crippen molar-refractivity contribution in [1.82, 2.24) is 0 Å². The lowest BCUT2D eigenvalue weighted by atomic mass is 10.1. The van der Waals surface area contributed by atoms with Crippen LogP contribution in [0.3, 0.4) is 0 Å². The van der Waals surface area contributed by atoms with Crippen LogP contribution in [0.15, 0.2) is 42.5 Å². The number of benzene rings is 2. The Bertz CT molecular complexity index is 709. The Morgan fingerprint density at radius 3 is 2.17 bits per heavy atom. The molecule has 2 rings (SSSR count). The third-order valence-electron chi connectivity index (χ3n) is 3.13. The number of hydrogen-bond acceptors (Lipinski definition) is 5. The summed E-state index contributed by atoms with van der Waals surface area (Å²) in [7, 11) is 2.84. The summed E-state index contributed by atoms with van der Waals surface area (Å²) in [5.74, 6) is -1.16. The van der Waals surface area contributed by atoms with Crippen molar-refractivity contribution in [3.05, 3.63) is 59.4 Å². The summed E-state index contributed by atoms with van der Waals surface area (Å²) in [6.45, 7) is -0.476. The largest absolute Gasteiger partial charge is 0.497 e. The summed E-state index contributed by atoms with van der Waals surface area (Å²) in [5.41, 5.74) is 0.394. The Labute approximate surface area is 132 Å². The number of methoxy groups -OCH3 is 2. The molecule has 0 spiro atoms. The molecule has 0 N–H and O–H groups in total. The number of halogens is 1. The van der Waals surface area contributed by atoms with Crippen LogP contribution in [0.5, 0.6) is 11.5 Å². The van der Waals surface area contributed by atoms with E-state index >= 15 is 0 Å². The predicted molar refractivity (Wildman–Crippen MR) is 80.6 cm³/mol. The van der Waals surface area contributed by atoms with E-state index in [0.29, 0.717) is 11.3 Å². The van der Waals surface area contributed by atoms with Crippen LogP contribution in [0, 0.1) is 5.82 Å². The van der Waals surface area contributed by atoms with Gasteiger partial charge in [-0.15, -0.1) is 0 Å². The van der Waals surface area contributed by atoms with E-state index in [2.05, 4.69) is 0 Å². The number of rotatable bonds is 6. The molecule has 0 aliphatic heterocycles. The maximum atomic E-state index is 13.5. The molecule has 23 heavy (non-hydrogen) atoms. The van der Waals surface area contributed by atoms with Gasteiger partial charge in [-0.2, -0.15) is 0 Å². The highest BCUT2D eigenvalue weighted by Crippen LogP contribution is 2.18. The van der Waals surface area contributed by atoms with E-state index in [4.69, 9.17) is 14.2 Å². The van der Waals surface area contributed by atoms with E-state index in [0.717, 1.165) is 6.07 Å². The zero-order valence-electron chi connectivity index (χ0n) is 12.7. The van der Waals surface area contributed by atoms with Crippen molar-refractivity contribution in [3.63, 3.8) is 0 Å². The molecule has 0 saturated heterocycles. The van der Waals surface area contributed by atoms with Gasteiger partial charge in [-0.05, 0) is 42.5 Å². The van der Waals surface area contributed by atoms with Crippen molar-refractivity contribution in [2.75, 3.05) is 20.8 Å². The van der Waals surface area contributed by atoms with Crippen LogP contribution in [0.4, 0.5) is 4.39 Å². The lowest BCUT2D eigenvalue weighted by Crippen LogP contribution is -2.14. The minimum Gasteiger partial charge on any atom is -0.497 e. The first-order valence-corrected chi connectivity index (χ1v) is 6.73. The second kappa shape index (κ2) is 7.40. The summed E-state index contributed by atoms with van der Waals surface area (Å²) in [6.07, 6.45) is 0. The number of Topliss-reactive ketones (excluding diaryl/α,β-unsaturated/α-hetero) is 1. The molecule has 120 valence electrons. The standard InChI is InChI=1S/C17H15FO5/c1-21-13-6-3-11(4-7-13)17(20)23-10-15(19)12-5-8-16(22-2)14(18)9-12/h3-9H,10H2,1-2H3. The van der Waals surface area contributed by atoms with Crippen LogP contribution >= 0.6 is 0 Å². The summed E-state index contributed by atoms with van der Waals surface area (Å²) >= 11 is 0. The molecular weight excluding hydrogens is 303 g/mol. The Balaban J connectivity index is 1.97. The van der Waals surface area contributed by atoms with Crippen molar-refractivity contribution in [1.29, 1.82) is 0 Å². The molecule has 0 amide bonds. The summed E-state index contributed by atoms with van der Waals surface area (Å²) in [4.78, 5) is 23.8. The van der Waals surface area contributed by atoms with E-state index in [1.165, 1.54) is 38.5 Å². The van der Waals surface area contributed by atoms with Crippen LogP contribution in [-0.2, 0) is 4.74 Å². The highest BCUT2D eigenvalue weighted by Gasteiger charge is 2.14. The van der Waals surface area contributed by atoms with Crippen molar-refractivity contribution in [2.45, 2.75) is 0 Å². The molecule has 0 radical (unpaired) electrons. The minimum atomic E-state index is -0.653. The van der Waals surface area contributed by atoms with Crippen LogP contribution in [0.2, 0.25) is 0 Å². The van der Waals surface area contributed by atoms with Crippen LogP contribution in [0.1, 0.15) is 20.7 Å². The van der Waals surface area contributed by atoms with Gasteiger partial charge in [0.1, 0.15) is 5.75 Å². The van der Waals surface area contributed by atoms with Crippen molar-refractivity contribution >= 4 is 11.8 Å². The third kappa shape index (κ3) is 4.06. The van der Waals surface area contributed by atoms with Crippen molar-refractivity contribution < 1.29 is 28.2 Å². The maximum absolute atomic E-state index is 13.5. The number of carbonyl (C=O) groups excluding carboxylic acids is 2. The van der Waals surface area contributed by atoms with Gasteiger partial charge in [-0.3, -0.25) is 4.79 Å². The Morgan fingerprint density at radius 1 is 0.957 bits per heavy atom. The van der Waals surface area contributed by atoms with Gasteiger partial charge in [0.2, 0.25) is 0 Å². The second-order valence-corrected chi connectivity index (χ2v) is 4.58. The Morgan fingerprint density at radius 2 is 1.61 bits per heavy atom. The Hall–Kier alpha value is -2.89. The Kier molecular flexibility index (Phi) is 5.30. The zero-order chi connectivity index (χ0) is 16.8. The first-order valence-electron chi connectivity index (χ1n) is 6.73. The molecule has 5 nitrogen and oxygen atoms in total. The molecule has 2 aromatic carbocycles. The number of hydrogen-bond donors (Lipinski definition) is 0. The third-order valence-corrected chi connectivity index (χ3v) is 3.13. The smallest absolute Gasteiger partial charge is 0.338 e. The quantitative estimate of drug-likeness (QED) is 0.605.